The molecule has 0 fully saturated rings. The molecule has 0 heterocycles. The Bertz CT molecular complexity index is 177. The van der Waals surface area contributed by atoms with Crippen molar-refractivity contribution < 1.29 is 0 Å². The van der Waals surface area contributed by atoms with Gasteiger partial charge < -0.3 is 5.73 Å². The zero-order valence-corrected chi connectivity index (χ0v) is 10.4. The lowest BCUT2D eigenvalue weighted by Crippen LogP contribution is -2.48. The molecule has 0 unspecified atom stereocenters. The van der Waals surface area contributed by atoms with Gasteiger partial charge in [0.25, 0.3) is 0 Å². The maximum Gasteiger partial charge on any atom is 0.0166 e. The molecule has 0 radical (unpaired) electrons. The van der Waals surface area contributed by atoms with Crippen LogP contribution in [-0.2, 0) is 0 Å². The van der Waals surface area contributed by atoms with Gasteiger partial charge >= 0.3 is 0 Å². The third-order valence-electron chi connectivity index (χ3n) is 2.47. The van der Waals surface area contributed by atoms with Crippen LogP contribution in [0.15, 0.2) is 12.7 Å². The molecule has 0 bridgehead atoms. The maximum absolute atomic E-state index is 5.74. The highest BCUT2D eigenvalue weighted by atomic mass is 15.2. The molecular weight excluding hydrogens is 172 g/mol. The fourth-order valence-corrected chi connectivity index (χ4v) is 1.31. The topological polar surface area (TPSA) is 29.3 Å². The second-order valence-electron chi connectivity index (χ2n) is 5.71. The van der Waals surface area contributed by atoms with E-state index in [2.05, 4.69) is 46.1 Å². The summed E-state index contributed by atoms with van der Waals surface area (Å²) in [7, 11) is 0. The van der Waals surface area contributed by atoms with Crippen LogP contribution in [0.5, 0.6) is 0 Å². The van der Waals surface area contributed by atoms with Crippen molar-refractivity contribution in [2.45, 2.75) is 40.2 Å². The van der Waals surface area contributed by atoms with Crippen LogP contribution in [0.25, 0.3) is 0 Å². The van der Waals surface area contributed by atoms with Crippen molar-refractivity contribution in [2.24, 2.45) is 11.1 Å². The van der Waals surface area contributed by atoms with Gasteiger partial charge in [-0.25, -0.2) is 0 Å². The summed E-state index contributed by atoms with van der Waals surface area (Å²) < 4.78 is 0. The average Bonchev–Trinajstić information content (AvgIpc) is 2.02. The molecule has 0 atom stereocenters. The third kappa shape index (κ3) is 4.77. The molecule has 0 aromatic rings. The van der Waals surface area contributed by atoms with Crippen LogP contribution >= 0.6 is 0 Å². The Morgan fingerprint density at radius 3 is 2.00 bits per heavy atom. The highest BCUT2D eigenvalue weighted by Crippen LogP contribution is 2.21. The molecule has 0 aliphatic carbocycles. The van der Waals surface area contributed by atoms with E-state index in [1.165, 1.54) is 0 Å². The van der Waals surface area contributed by atoms with Crippen molar-refractivity contribution in [1.82, 2.24) is 4.90 Å². The van der Waals surface area contributed by atoms with Crippen molar-refractivity contribution in [1.29, 1.82) is 0 Å². The molecule has 0 rings (SSSR count). The van der Waals surface area contributed by atoms with Gasteiger partial charge in [0.2, 0.25) is 0 Å². The molecule has 0 amide bonds. The van der Waals surface area contributed by atoms with E-state index in [4.69, 9.17) is 5.73 Å². The highest BCUT2D eigenvalue weighted by molar-refractivity contribution is 4.87. The number of nitrogens with two attached hydrogens (primary N) is 1. The van der Waals surface area contributed by atoms with Crippen LogP contribution in [0.4, 0.5) is 0 Å². The van der Waals surface area contributed by atoms with Crippen LogP contribution in [0.3, 0.4) is 0 Å². The van der Waals surface area contributed by atoms with Gasteiger partial charge in [0.15, 0.2) is 0 Å². The van der Waals surface area contributed by atoms with Crippen molar-refractivity contribution in [3.05, 3.63) is 12.7 Å². The fourth-order valence-electron chi connectivity index (χ4n) is 1.31. The first-order chi connectivity index (χ1) is 6.23. The minimum atomic E-state index is 0.177. The minimum Gasteiger partial charge on any atom is -0.330 e. The van der Waals surface area contributed by atoms with E-state index in [1.54, 1.807) is 0 Å². The van der Waals surface area contributed by atoms with E-state index in [9.17, 15) is 0 Å². The Kier molecular flexibility index (Phi) is 4.82. The van der Waals surface area contributed by atoms with Gasteiger partial charge in [0.1, 0.15) is 0 Å². The van der Waals surface area contributed by atoms with Gasteiger partial charge in [-0.05, 0) is 32.7 Å². The monoisotopic (exact) mass is 198 g/mol. The SMILES string of the molecule is C=CCN(CC(C)(C)CN)C(C)(C)C. The second kappa shape index (κ2) is 4.94. The van der Waals surface area contributed by atoms with E-state index in [0.717, 1.165) is 19.6 Å². The molecule has 0 aliphatic heterocycles. The molecule has 0 aliphatic rings. The number of rotatable bonds is 5. The quantitative estimate of drug-likeness (QED) is 0.687. The maximum atomic E-state index is 5.74. The summed E-state index contributed by atoms with van der Waals surface area (Å²) in [5.41, 5.74) is 6.10. The lowest BCUT2D eigenvalue weighted by molar-refractivity contribution is 0.101. The number of nitrogens with zero attached hydrogens (tertiary/aromatic N) is 1. The molecule has 0 aromatic carbocycles. The summed E-state index contributed by atoms with van der Waals surface area (Å²) >= 11 is 0. The fraction of sp³-hybridized carbons (Fsp3) is 0.833. The Hall–Kier alpha value is -0.340. The second-order valence-corrected chi connectivity index (χ2v) is 5.71. The Balaban J connectivity index is 4.45. The molecule has 0 saturated heterocycles. The average molecular weight is 198 g/mol. The molecule has 84 valence electrons. The Labute approximate surface area is 89.2 Å². The summed E-state index contributed by atoms with van der Waals surface area (Å²) in [4.78, 5) is 2.41. The number of hydrogen-bond donors (Lipinski definition) is 1. The molecule has 0 saturated carbocycles. The lowest BCUT2D eigenvalue weighted by Gasteiger charge is -2.40. The van der Waals surface area contributed by atoms with Gasteiger partial charge in [-0.2, -0.15) is 0 Å². The minimum absolute atomic E-state index is 0.177. The molecule has 2 nitrogen and oxygen atoms in total. The first-order valence-corrected chi connectivity index (χ1v) is 5.29. The van der Waals surface area contributed by atoms with Crippen molar-refractivity contribution in [2.75, 3.05) is 19.6 Å². The normalized spacial score (nSPS) is 13.4. The predicted octanol–water partition coefficient (Wildman–Crippen LogP) is 2.26. The molecule has 2 N–H and O–H groups in total. The summed E-state index contributed by atoms with van der Waals surface area (Å²) in [6, 6.07) is 0. The van der Waals surface area contributed by atoms with Crippen molar-refractivity contribution >= 4 is 0 Å². The summed E-state index contributed by atoms with van der Waals surface area (Å²) in [6.07, 6.45) is 1.96. The molecule has 2 heteroatoms. The first kappa shape index (κ1) is 13.7. The predicted molar refractivity (Wildman–Crippen MR) is 64.4 cm³/mol. The highest BCUT2D eigenvalue weighted by Gasteiger charge is 2.26. The van der Waals surface area contributed by atoms with Gasteiger partial charge in [-0.1, -0.05) is 19.9 Å². The third-order valence-corrected chi connectivity index (χ3v) is 2.47. The molecule has 0 aromatic heterocycles. The smallest absolute Gasteiger partial charge is 0.0166 e. The van der Waals surface area contributed by atoms with E-state index in [0.29, 0.717) is 0 Å². The first-order valence-electron chi connectivity index (χ1n) is 5.29. The van der Waals surface area contributed by atoms with E-state index in [1.807, 2.05) is 6.08 Å². The van der Waals surface area contributed by atoms with Gasteiger partial charge in [0, 0.05) is 18.6 Å². The summed E-state index contributed by atoms with van der Waals surface area (Å²) in [6.45, 7) is 17.5. The largest absolute Gasteiger partial charge is 0.330 e. The van der Waals surface area contributed by atoms with Gasteiger partial charge in [0.05, 0.1) is 0 Å². The zero-order chi connectivity index (χ0) is 11.4. The van der Waals surface area contributed by atoms with E-state index >= 15 is 0 Å². The molecule has 0 spiro atoms. The molecular formula is C12H26N2. The Morgan fingerprint density at radius 1 is 1.21 bits per heavy atom. The lowest BCUT2D eigenvalue weighted by atomic mass is 9.90. The van der Waals surface area contributed by atoms with E-state index in [-0.39, 0.29) is 11.0 Å². The van der Waals surface area contributed by atoms with E-state index < -0.39 is 0 Å². The van der Waals surface area contributed by atoms with Crippen LogP contribution in [0, 0.1) is 5.41 Å². The Morgan fingerprint density at radius 2 is 1.71 bits per heavy atom. The van der Waals surface area contributed by atoms with Crippen LogP contribution in [0.1, 0.15) is 34.6 Å². The van der Waals surface area contributed by atoms with Crippen LogP contribution in [-0.4, -0.2) is 30.1 Å². The van der Waals surface area contributed by atoms with Gasteiger partial charge in [-0.15, -0.1) is 6.58 Å². The van der Waals surface area contributed by atoms with Crippen molar-refractivity contribution in [3.63, 3.8) is 0 Å². The zero-order valence-electron chi connectivity index (χ0n) is 10.4. The van der Waals surface area contributed by atoms with Crippen LogP contribution < -0.4 is 5.73 Å². The number of hydrogen-bond acceptors (Lipinski definition) is 2. The van der Waals surface area contributed by atoms with Crippen molar-refractivity contribution in [3.8, 4) is 0 Å². The summed E-state index contributed by atoms with van der Waals surface area (Å²) in [5.74, 6) is 0. The van der Waals surface area contributed by atoms with Crippen LogP contribution in [0.2, 0.25) is 0 Å². The molecule has 14 heavy (non-hydrogen) atoms. The standard InChI is InChI=1S/C12H26N2/c1-7-8-14(11(2,3)4)10-12(5,6)9-13/h7H,1,8-10,13H2,2-6H3. The summed E-state index contributed by atoms with van der Waals surface area (Å²) in [5, 5.41) is 0. The van der Waals surface area contributed by atoms with Gasteiger partial charge in [-0.3, -0.25) is 4.90 Å².